The molecule has 1 amide bonds. The Hall–Kier alpha value is -1.97. The lowest BCUT2D eigenvalue weighted by Gasteiger charge is -2.15. The average Bonchev–Trinajstić information content (AvgIpc) is 2.76. The van der Waals surface area contributed by atoms with Crippen LogP contribution in [0.5, 0.6) is 11.5 Å². The lowest BCUT2D eigenvalue weighted by molar-refractivity contribution is -0.114. The average molecular weight is 446 g/mol. The van der Waals surface area contributed by atoms with Gasteiger partial charge in [0, 0.05) is 18.2 Å². The second-order valence-corrected chi connectivity index (χ2v) is 9.07. The largest absolute Gasteiger partial charge is 0.504 e. The maximum Gasteiger partial charge on any atom is 0.221 e. The fourth-order valence-electron chi connectivity index (χ4n) is 4.24. The number of carbonyl (C=O) groups excluding carboxylic acids is 1. The van der Waals surface area contributed by atoms with E-state index in [4.69, 9.17) is 4.74 Å². The molecule has 0 unspecified atom stereocenters. The number of benzene rings is 1. The van der Waals surface area contributed by atoms with Gasteiger partial charge in [-0.25, -0.2) is 0 Å². The standard InChI is InChI=1S/C28H47NO3/c1-5-6-7-8-9-12-15-18-23(2)19-16-13-10-11-14-17-20-25-26(29-24(3)30)21-22-27(31)28(25)32-4/h21-22,31H,2,5-20H2,1,3-4H3,(H,29,30). The monoisotopic (exact) mass is 445 g/mol. The van der Waals surface area contributed by atoms with Crippen LogP contribution in [0.1, 0.15) is 116 Å². The SMILES string of the molecule is C=C(CCCCCCCCC)CCCCCCCCc1c(NC(C)=O)ccc(O)c1OC. The summed E-state index contributed by atoms with van der Waals surface area (Å²) in [6, 6.07) is 3.31. The van der Waals surface area contributed by atoms with Crippen LogP contribution in [-0.2, 0) is 11.2 Å². The first-order valence-corrected chi connectivity index (χ1v) is 12.8. The van der Waals surface area contributed by atoms with Crippen molar-refractivity contribution in [1.29, 1.82) is 0 Å². The number of unbranched alkanes of at least 4 members (excludes halogenated alkanes) is 11. The van der Waals surface area contributed by atoms with E-state index in [0.717, 1.165) is 30.5 Å². The smallest absolute Gasteiger partial charge is 0.221 e. The predicted molar refractivity (Wildman–Crippen MR) is 137 cm³/mol. The van der Waals surface area contributed by atoms with Gasteiger partial charge in [-0.2, -0.15) is 0 Å². The molecule has 1 rings (SSSR count). The molecule has 1 aromatic rings. The van der Waals surface area contributed by atoms with Crippen molar-refractivity contribution in [2.24, 2.45) is 0 Å². The number of methoxy groups -OCH3 is 1. The first-order valence-electron chi connectivity index (χ1n) is 12.8. The number of amides is 1. The van der Waals surface area contributed by atoms with Crippen LogP contribution in [0.3, 0.4) is 0 Å². The van der Waals surface area contributed by atoms with E-state index in [1.54, 1.807) is 19.2 Å². The van der Waals surface area contributed by atoms with Crippen LogP contribution in [0.15, 0.2) is 24.3 Å². The summed E-state index contributed by atoms with van der Waals surface area (Å²) in [5.74, 6) is 0.469. The van der Waals surface area contributed by atoms with Crippen molar-refractivity contribution < 1.29 is 14.6 Å². The van der Waals surface area contributed by atoms with Gasteiger partial charge in [0.2, 0.25) is 5.91 Å². The van der Waals surface area contributed by atoms with E-state index >= 15 is 0 Å². The van der Waals surface area contributed by atoms with E-state index < -0.39 is 0 Å². The van der Waals surface area contributed by atoms with Gasteiger partial charge in [0.15, 0.2) is 11.5 Å². The summed E-state index contributed by atoms with van der Waals surface area (Å²) >= 11 is 0. The van der Waals surface area contributed by atoms with E-state index in [-0.39, 0.29) is 11.7 Å². The zero-order valence-electron chi connectivity index (χ0n) is 20.9. The highest BCUT2D eigenvalue weighted by molar-refractivity contribution is 5.90. The van der Waals surface area contributed by atoms with Gasteiger partial charge in [-0.3, -0.25) is 4.79 Å². The van der Waals surface area contributed by atoms with Gasteiger partial charge in [-0.1, -0.05) is 83.3 Å². The van der Waals surface area contributed by atoms with Crippen LogP contribution in [0, 0.1) is 0 Å². The van der Waals surface area contributed by atoms with Gasteiger partial charge in [0.05, 0.1) is 7.11 Å². The zero-order valence-corrected chi connectivity index (χ0v) is 20.9. The first-order chi connectivity index (χ1) is 15.5. The molecule has 0 atom stereocenters. The number of anilines is 1. The van der Waals surface area contributed by atoms with E-state index in [9.17, 15) is 9.90 Å². The van der Waals surface area contributed by atoms with Crippen molar-refractivity contribution in [2.45, 2.75) is 117 Å². The van der Waals surface area contributed by atoms with Crippen LogP contribution in [0.25, 0.3) is 0 Å². The molecule has 32 heavy (non-hydrogen) atoms. The van der Waals surface area contributed by atoms with E-state index in [1.807, 2.05) is 0 Å². The molecule has 0 aliphatic rings. The quantitative estimate of drug-likeness (QED) is 0.128. The summed E-state index contributed by atoms with van der Waals surface area (Å²) in [5, 5.41) is 12.9. The van der Waals surface area contributed by atoms with Crippen LogP contribution in [-0.4, -0.2) is 18.1 Å². The second-order valence-electron chi connectivity index (χ2n) is 9.07. The molecule has 182 valence electrons. The number of allylic oxidation sites excluding steroid dienone is 1. The Morgan fingerprint density at radius 2 is 1.44 bits per heavy atom. The van der Waals surface area contributed by atoms with Gasteiger partial charge in [-0.15, -0.1) is 0 Å². The highest BCUT2D eigenvalue weighted by Gasteiger charge is 2.14. The van der Waals surface area contributed by atoms with Crippen molar-refractivity contribution in [3.8, 4) is 11.5 Å². The number of carbonyl (C=O) groups is 1. The Balaban J connectivity index is 2.15. The molecular weight excluding hydrogens is 398 g/mol. The van der Waals surface area contributed by atoms with Crippen LogP contribution in [0.2, 0.25) is 0 Å². The summed E-state index contributed by atoms with van der Waals surface area (Å²) in [4.78, 5) is 11.5. The third-order valence-electron chi connectivity index (χ3n) is 6.10. The van der Waals surface area contributed by atoms with E-state index in [0.29, 0.717) is 5.75 Å². The molecule has 2 N–H and O–H groups in total. The zero-order chi connectivity index (χ0) is 23.6. The lowest BCUT2D eigenvalue weighted by atomic mass is 9.99. The second kappa shape index (κ2) is 17.6. The lowest BCUT2D eigenvalue weighted by Crippen LogP contribution is -2.09. The minimum Gasteiger partial charge on any atom is -0.504 e. The van der Waals surface area contributed by atoms with Crippen molar-refractivity contribution in [2.75, 3.05) is 12.4 Å². The molecule has 0 radical (unpaired) electrons. The molecule has 0 fully saturated rings. The number of aromatic hydroxyl groups is 1. The molecule has 0 spiro atoms. The molecule has 0 saturated heterocycles. The minimum atomic E-state index is -0.118. The van der Waals surface area contributed by atoms with Crippen molar-refractivity contribution in [1.82, 2.24) is 0 Å². The van der Waals surface area contributed by atoms with Crippen LogP contribution >= 0.6 is 0 Å². The summed E-state index contributed by atoms with van der Waals surface area (Å²) in [6.07, 6.45) is 19.8. The Kier molecular flexibility index (Phi) is 15.4. The maximum absolute atomic E-state index is 11.5. The summed E-state index contributed by atoms with van der Waals surface area (Å²) < 4.78 is 5.38. The fraction of sp³-hybridized carbons (Fsp3) is 0.679. The molecular formula is C28H47NO3. The van der Waals surface area contributed by atoms with E-state index in [1.165, 1.54) is 96.0 Å². The van der Waals surface area contributed by atoms with Gasteiger partial charge in [0.1, 0.15) is 0 Å². The number of hydrogen-bond donors (Lipinski definition) is 2. The third-order valence-corrected chi connectivity index (χ3v) is 6.10. The molecule has 4 nitrogen and oxygen atoms in total. The number of ether oxygens (including phenoxy) is 1. The number of phenols is 1. The highest BCUT2D eigenvalue weighted by atomic mass is 16.5. The Bertz CT molecular complexity index is 669. The number of nitrogens with one attached hydrogen (secondary N) is 1. The Morgan fingerprint density at radius 3 is 1.97 bits per heavy atom. The van der Waals surface area contributed by atoms with Crippen molar-refractivity contribution in [3.63, 3.8) is 0 Å². The number of rotatable bonds is 19. The van der Waals surface area contributed by atoms with E-state index in [2.05, 4.69) is 18.8 Å². The topological polar surface area (TPSA) is 58.6 Å². The normalized spacial score (nSPS) is 10.8. The summed E-state index contributed by atoms with van der Waals surface area (Å²) in [7, 11) is 1.55. The van der Waals surface area contributed by atoms with Gasteiger partial charge < -0.3 is 15.2 Å². The Morgan fingerprint density at radius 1 is 0.906 bits per heavy atom. The Labute approximate surface area is 196 Å². The molecule has 0 heterocycles. The van der Waals surface area contributed by atoms with Crippen molar-refractivity contribution >= 4 is 11.6 Å². The summed E-state index contributed by atoms with van der Waals surface area (Å²) in [6.45, 7) is 8.03. The van der Waals surface area contributed by atoms with Crippen molar-refractivity contribution in [3.05, 3.63) is 29.8 Å². The molecule has 4 heteroatoms. The number of hydrogen-bond acceptors (Lipinski definition) is 3. The molecule has 0 aromatic heterocycles. The highest BCUT2D eigenvalue weighted by Crippen LogP contribution is 2.36. The fourth-order valence-corrected chi connectivity index (χ4v) is 4.24. The summed E-state index contributed by atoms with van der Waals surface area (Å²) in [5.41, 5.74) is 3.04. The molecule has 0 aliphatic heterocycles. The molecule has 0 aliphatic carbocycles. The van der Waals surface area contributed by atoms with Gasteiger partial charge in [-0.05, 0) is 50.7 Å². The van der Waals surface area contributed by atoms with Gasteiger partial charge >= 0.3 is 0 Å². The van der Waals surface area contributed by atoms with Crippen LogP contribution < -0.4 is 10.1 Å². The third kappa shape index (κ3) is 12.2. The van der Waals surface area contributed by atoms with Crippen LogP contribution in [0.4, 0.5) is 5.69 Å². The molecule has 0 bridgehead atoms. The first kappa shape index (κ1) is 28.1. The number of phenolic OH excluding ortho intramolecular Hbond substituents is 1. The molecule has 1 aromatic carbocycles. The minimum absolute atomic E-state index is 0.118. The molecule has 0 saturated carbocycles. The van der Waals surface area contributed by atoms with Gasteiger partial charge in [0.25, 0.3) is 0 Å². The predicted octanol–water partition coefficient (Wildman–Crippen LogP) is 8.33. The maximum atomic E-state index is 11.5.